The fourth-order valence-corrected chi connectivity index (χ4v) is 3.11. The number of hydrogen-bond acceptors (Lipinski definition) is 7. The molecule has 0 heterocycles. The van der Waals surface area contributed by atoms with Gasteiger partial charge in [-0.25, -0.2) is 18.4 Å². The first-order valence-electron chi connectivity index (χ1n) is 7.57. The van der Waals surface area contributed by atoms with Gasteiger partial charge in [0.15, 0.2) is 6.10 Å². The van der Waals surface area contributed by atoms with E-state index >= 15 is 0 Å². The molecule has 1 atom stereocenters. The van der Waals surface area contributed by atoms with Gasteiger partial charge in [0.1, 0.15) is 4.90 Å². The number of nitro benzene ring substituents is 1. The van der Waals surface area contributed by atoms with Gasteiger partial charge in [0.2, 0.25) is 10.0 Å². The fourth-order valence-electron chi connectivity index (χ4n) is 2.04. The van der Waals surface area contributed by atoms with Crippen LogP contribution in [0.1, 0.15) is 17.3 Å². The topological polar surface area (TPSA) is 159 Å². The molecule has 2 rings (SSSR count). The molecule has 0 spiro atoms. The van der Waals surface area contributed by atoms with E-state index in [2.05, 4.69) is 5.32 Å². The summed E-state index contributed by atoms with van der Waals surface area (Å²) in [7, 11) is -4.15. The highest BCUT2D eigenvalue weighted by Crippen LogP contribution is 2.22. The number of benzene rings is 2. The molecule has 28 heavy (non-hydrogen) atoms. The summed E-state index contributed by atoms with van der Waals surface area (Å²) in [6, 6.07) is 8.38. The smallest absolute Gasteiger partial charge is 0.338 e. The van der Waals surface area contributed by atoms with Crippen molar-refractivity contribution in [3.05, 3.63) is 63.2 Å². The van der Waals surface area contributed by atoms with Crippen molar-refractivity contribution in [2.45, 2.75) is 17.9 Å². The van der Waals surface area contributed by atoms with Crippen LogP contribution >= 0.6 is 11.6 Å². The van der Waals surface area contributed by atoms with Gasteiger partial charge in [-0.2, -0.15) is 0 Å². The molecular formula is C16H14ClN3O7S. The molecule has 10 nitrogen and oxygen atoms in total. The summed E-state index contributed by atoms with van der Waals surface area (Å²) >= 11 is 5.75. The summed E-state index contributed by atoms with van der Waals surface area (Å²) in [5.74, 6) is -1.66. The Morgan fingerprint density at radius 2 is 1.82 bits per heavy atom. The van der Waals surface area contributed by atoms with Crippen LogP contribution in [0.25, 0.3) is 0 Å². The number of anilines is 1. The Bertz CT molecular complexity index is 1040. The third-order valence-electron chi connectivity index (χ3n) is 3.47. The molecule has 1 unspecified atom stereocenters. The molecule has 0 radical (unpaired) electrons. The Morgan fingerprint density at radius 3 is 2.36 bits per heavy atom. The van der Waals surface area contributed by atoms with Crippen LogP contribution in [0.3, 0.4) is 0 Å². The zero-order valence-corrected chi connectivity index (χ0v) is 15.9. The van der Waals surface area contributed by atoms with Gasteiger partial charge in [0, 0.05) is 17.8 Å². The number of halogens is 1. The van der Waals surface area contributed by atoms with Gasteiger partial charge in [0.05, 0.1) is 15.5 Å². The number of hydrogen-bond donors (Lipinski definition) is 2. The van der Waals surface area contributed by atoms with Gasteiger partial charge < -0.3 is 10.1 Å². The third kappa shape index (κ3) is 5.25. The molecule has 0 fully saturated rings. The summed E-state index contributed by atoms with van der Waals surface area (Å²) in [6.45, 7) is 1.30. The number of nitro groups is 1. The van der Waals surface area contributed by atoms with Gasteiger partial charge in [-0.05, 0) is 37.3 Å². The monoisotopic (exact) mass is 427 g/mol. The molecule has 148 valence electrons. The van der Waals surface area contributed by atoms with E-state index in [1.165, 1.54) is 43.3 Å². The first kappa shape index (κ1) is 21.3. The van der Waals surface area contributed by atoms with Crippen LogP contribution in [0, 0.1) is 10.1 Å². The predicted molar refractivity (Wildman–Crippen MR) is 99.4 cm³/mol. The largest absolute Gasteiger partial charge is 0.449 e. The number of nitrogens with two attached hydrogens (primary N) is 1. The van der Waals surface area contributed by atoms with Crippen LogP contribution in [0.5, 0.6) is 0 Å². The number of amides is 1. The quantitative estimate of drug-likeness (QED) is 0.405. The number of nitrogens with zero attached hydrogens (tertiary/aromatic N) is 1. The molecule has 2 aromatic rings. The van der Waals surface area contributed by atoms with Gasteiger partial charge in [-0.3, -0.25) is 14.9 Å². The Morgan fingerprint density at radius 1 is 1.21 bits per heavy atom. The van der Waals surface area contributed by atoms with E-state index in [1.807, 2.05) is 0 Å². The lowest BCUT2D eigenvalue weighted by Crippen LogP contribution is -2.30. The maximum Gasteiger partial charge on any atom is 0.338 e. The van der Waals surface area contributed by atoms with Crippen LogP contribution < -0.4 is 10.5 Å². The van der Waals surface area contributed by atoms with E-state index in [-0.39, 0.29) is 22.0 Å². The van der Waals surface area contributed by atoms with Crippen LogP contribution in [0.15, 0.2) is 47.4 Å². The average Bonchev–Trinajstić information content (AvgIpc) is 2.61. The Balaban J connectivity index is 2.07. The van der Waals surface area contributed by atoms with E-state index in [1.54, 1.807) is 0 Å². The second-order valence-corrected chi connectivity index (χ2v) is 7.47. The van der Waals surface area contributed by atoms with Crippen molar-refractivity contribution >= 4 is 44.9 Å². The zero-order chi connectivity index (χ0) is 21.1. The highest BCUT2D eigenvalue weighted by molar-refractivity contribution is 7.89. The van der Waals surface area contributed by atoms with Crippen LogP contribution in [0.4, 0.5) is 11.4 Å². The highest BCUT2D eigenvalue weighted by Gasteiger charge is 2.22. The normalized spacial score (nSPS) is 12.1. The van der Waals surface area contributed by atoms with E-state index < -0.39 is 37.8 Å². The molecule has 0 saturated heterocycles. The summed E-state index contributed by atoms with van der Waals surface area (Å²) in [5, 5.41) is 17.9. The molecule has 0 aromatic heterocycles. The number of sulfonamides is 1. The number of primary sulfonamides is 1. The lowest BCUT2D eigenvalue weighted by atomic mass is 10.2. The highest BCUT2D eigenvalue weighted by atomic mass is 35.5. The minimum Gasteiger partial charge on any atom is -0.449 e. The standard InChI is InChI=1S/C16H14ClN3O7S/c1-9(15(21)19-11-3-5-12(6-4-11)20(23)24)27-16(22)10-2-7-13(17)14(8-10)28(18,25)26/h2-9H,1H3,(H,19,21)(H2,18,25,26). The van der Waals surface area contributed by atoms with E-state index in [9.17, 15) is 28.1 Å². The van der Waals surface area contributed by atoms with E-state index in [0.717, 1.165) is 6.07 Å². The van der Waals surface area contributed by atoms with Crippen molar-refractivity contribution in [3.8, 4) is 0 Å². The number of carbonyl (C=O) groups is 2. The summed E-state index contributed by atoms with van der Waals surface area (Å²) in [6.07, 6.45) is -1.24. The van der Waals surface area contributed by atoms with E-state index in [4.69, 9.17) is 21.5 Å². The molecule has 0 aliphatic rings. The van der Waals surface area contributed by atoms with Gasteiger partial charge >= 0.3 is 5.97 Å². The van der Waals surface area contributed by atoms with E-state index in [0.29, 0.717) is 0 Å². The predicted octanol–water partition coefficient (Wildman–Crippen LogP) is 2.08. The van der Waals surface area contributed by atoms with Crippen LogP contribution in [0.2, 0.25) is 5.02 Å². The average molecular weight is 428 g/mol. The van der Waals surface area contributed by atoms with Crippen molar-refractivity contribution < 1.29 is 27.7 Å². The number of carbonyl (C=O) groups excluding carboxylic acids is 2. The minimum absolute atomic E-state index is 0.147. The second-order valence-electron chi connectivity index (χ2n) is 5.53. The SMILES string of the molecule is CC(OC(=O)c1ccc(Cl)c(S(N)(=O)=O)c1)C(=O)Nc1ccc([N+](=O)[O-])cc1. The van der Waals surface area contributed by atoms with Crippen molar-refractivity contribution in [1.82, 2.24) is 0 Å². The number of rotatable bonds is 6. The number of esters is 1. The van der Waals surface area contributed by atoms with Crippen LogP contribution in [-0.2, 0) is 19.6 Å². The van der Waals surface area contributed by atoms with Crippen LogP contribution in [-0.4, -0.2) is 31.3 Å². The molecule has 1 amide bonds. The Kier molecular flexibility index (Phi) is 6.33. The summed E-state index contributed by atoms with van der Waals surface area (Å²) in [4.78, 5) is 33.9. The molecule has 0 bridgehead atoms. The Labute approximate surface area is 164 Å². The molecular weight excluding hydrogens is 414 g/mol. The minimum atomic E-state index is -4.15. The molecule has 0 saturated carbocycles. The maximum atomic E-state index is 12.2. The van der Waals surface area contributed by atoms with Crippen molar-refractivity contribution in [2.24, 2.45) is 5.14 Å². The number of non-ortho nitro benzene ring substituents is 1. The first-order chi connectivity index (χ1) is 13.0. The summed E-state index contributed by atoms with van der Waals surface area (Å²) in [5.41, 5.74) is -0.0456. The lowest BCUT2D eigenvalue weighted by Gasteiger charge is -2.14. The van der Waals surface area contributed by atoms with Crippen molar-refractivity contribution in [3.63, 3.8) is 0 Å². The maximum absolute atomic E-state index is 12.2. The third-order valence-corrected chi connectivity index (χ3v) is 4.86. The van der Waals surface area contributed by atoms with Crippen molar-refractivity contribution in [2.75, 3.05) is 5.32 Å². The molecule has 0 aliphatic carbocycles. The first-order valence-corrected chi connectivity index (χ1v) is 9.50. The molecule has 2 aromatic carbocycles. The zero-order valence-electron chi connectivity index (χ0n) is 14.3. The molecule has 12 heteroatoms. The fraction of sp³-hybridized carbons (Fsp3) is 0.125. The van der Waals surface area contributed by atoms with Gasteiger partial charge in [-0.1, -0.05) is 11.6 Å². The molecule has 0 aliphatic heterocycles. The number of nitrogens with one attached hydrogen (secondary N) is 1. The van der Waals surface area contributed by atoms with Crippen molar-refractivity contribution in [1.29, 1.82) is 0 Å². The summed E-state index contributed by atoms with van der Waals surface area (Å²) < 4.78 is 27.9. The second kappa shape index (κ2) is 8.33. The van der Waals surface area contributed by atoms with Gasteiger partial charge in [0.25, 0.3) is 11.6 Å². The van der Waals surface area contributed by atoms with Gasteiger partial charge in [-0.15, -0.1) is 0 Å². The molecule has 3 N–H and O–H groups in total. The lowest BCUT2D eigenvalue weighted by molar-refractivity contribution is -0.384. The number of ether oxygens (including phenoxy) is 1. The Hall–Kier alpha value is -3.02.